The predicted octanol–water partition coefficient (Wildman–Crippen LogP) is 4.08. The molecule has 0 radical (unpaired) electrons. The van der Waals surface area contributed by atoms with Crippen molar-refractivity contribution >= 4 is 11.6 Å². The van der Waals surface area contributed by atoms with Gasteiger partial charge in [0.1, 0.15) is 5.82 Å². The number of nitrogens with zero attached hydrogens (tertiary/aromatic N) is 1. The summed E-state index contributed by atoms with van der Waals surface area (Å²) in [6.45, 7) is 10.4. The second-order valence-corrected chi connectivity index (χ2v) is 5.62. The Balaban J connectivity index is 2.27. The standard InChI is InChI=1S/C16H26ClFN2/c1-4-20(5-2)10-6-7-13(3)19-12-14-8-9-15(17)11-16(14)18/h8-9,11,13,19H,4-7,10,12H2,1-3H3. The van der Waals surface area contributed by atoms with Crippen LogP contribution < -0.4 is 5.32 Å². The van der Waals surface area contributed by atoms with Crippen molar-refractivity contribution in [3.05, 3.63) is 34.6 Å². The Bertz CT molecular complexity index is 394. The maximum absolute atomic E-state index is 13.6. The molecule has 0 saturated carbocycles. The normalized spacial score (nSPS) is 12.9. The summed E-state index contributed by atoms with van der Waals surface area (Å²) in [5.74, 6) is -0.236. The van der Waals surface area contributed by atoms with Crippen molar-refractivity contribution in [3.63, 3.8) is 0 Å². The van der Waals surface area contributed by atoms with Gasteiger partial charge >= 0.3 is 0 Å². The predicted molar refractivity (Wildman–Crippen MR) is 84.7 cm³/mol. The van der Waals surface area contributed by atoms with Gasteiger partial charge in [0.15, 0.2) is 0 Å². The van der Waals surface area contributed by atoms with Gasteiger partial charge < -0.3 is 10.2 Å². The summed E-state index contributed by atoms with van der Waals surface area (Å²) >= 11 is 5.74. The van der Waals surface area contributed by atoms with E-state index in [2.05, 4.69) is 31.0 Å². The van der Waals surface area contributed by atoms with Crippen LogP contribution in [0.2, 0.25) is 5.02 Å². The first-order valence-corrected chi connectivity index (χ1v) is 7.84. The lowest BCUT2D eigenvalue weighted by Gasteiger charge is -2.20. The summed E-state index contributed by atoms with van der Waals surface area (Å²) in [5.41, 5.74) is 0.671. The molecule has 114 valence electrons. The Hall–Kier alpha value is -0.640. The van der Waals surface area contributed by atoms with E-state index < -0.39 is 0 Å². The van der Waals surface area contributed by atoms with Crippen LogP contribution in [0, 0.1) is 5.82 Å². The molecule has 20 heavy (non-hydrogen) atoms. The van der Waals surface area contributed by atoms with Crippen molar-refractivity contribution < 1.29 is 4.39 Å². The number of halogens is 2. The minimum absolute atomic E-state index is 0.236. The molecule has 0 heterocycles. The topological polar surface area (TPSA) is 15.3 Å². The maximum Gasteiger partial charge on any atom is 0.129 e. The van der Waals surface area contributed by atoms with E-state index in [-0.39, 0.29) is 5.82 Å². The van der Waals surface area contributed by atoms with Crippen LogP contribution in [0.4, 0.5) is 4.39 Å². The van der Waals surface area contributed by atoms with E-state index in [4.69, 9.17) is 11.6 Å². The molecule has 0 bridgehead atoms. The van der Waals surface area contributed by atoms with E-state index in [1.54, 1.807) is 12.1 Å². The fourth-order valence-corrected chi connectivity index (χ4v) is 2.37. The van der Waals surface area contributed by atoms with Crippen LogP contribution >= 0.6 is 11.6 Å². The second-order valence-electron chi connectivity index (χ2n) is 5.19. The highest BCUT2D eigenvalue weighted by Crippen LogP contribution is 2.14. The van der Waals surface area contributed by atoms with Gasteiger partial charge in [0, 0.05) is 23.2 Å². The molecule has 0 spiro atoms. The summed E-state index contributed by atoms with van der Waals surface area (Å²) in [6.07, 6.45) is 2.27. The third kappa shape index (κ3) is 6.21. The molecule has 4 heteroatoms. The molecule has 2 nitrogen and oxygen atoms in total. The molecule has 0 aliphatic heterocycles. The quantitative estimate of drug-likeness (QED) is 0.739. The average molecular weight is 301 g/mol. The molecule has 1 rings (SSSR count). The summed E-state index contributed by atoms with van der Waals surface area (Å²) in [7, 11) is 0. The molecule has 0 aliphatic rings. The van der Waals surface area contributed by atoms with Crippen molar-refractivity contribution in [2.24, 2.45) is 0 Å². The monoisotopic (exact) mass is 300 g/mol. The third-order valence-corrected chi connectivity index (χ3v) is 3.90. The SMILES string of the molecule is CCN(CC)CCCC(C)NCc1ccc(Cl)cc1F. The molecular formula is C16H26ClFN2. The summed E-state index contributed by atoms with van der Waals surface area (Å²) in [6, 6.07) is 5.23. The van der Waals surface area contributed by atoms with Gasteiger partial charge in [-0.15, -0.1) is 0 Å². The van der Waals surface area contributed by atoms with E-state index in [0.717, 1.165) is 26.1 Å². The second kappa shape index (κ2) is 9.32. The van der Waals surface area contributed by atoms with Crippen LogP contribution in [0.1, 0.15) is 39.2 Å². The molecule has 0 amide bonds. The van der Waals surface area contributed by atoms with E-state index in [1.807, 2.05) is 0 Å². The van der Waals surface area contributed by atoms with Gasteiger partial charge in [-0.25, -0.2) is 4.39 Å². The summed E-state index contributed by atoms with van der Waals surface area (Å²) < 4.78 is 13.6. The highest BCUT2D eigenvalue weighted by Gasteiger charge is 2.06. The fraction of sp³-hybridized carbons (Fsp3) is 0.625. The highest BCUT2D eigenvalue weighted by atomic mass is 35.5. The lowest BCUT2D eigenvalue weighted by Crippen LogP contribution is -2.29. The maximum atomic E-state index is 13.6. The van der Waals surface area contributed by atoms with Gasteiger partial charge in [-0.3, -0.25) is 0 Å². The van der Waals surface area contributed by atoms with Gasteiger partial charge in [0.05, 0.1) is 0 Å². The smallest absolute Gasteiger partial charge is 0.129 e. The van der Waals surface area contributed by atoms with Crippen LogP contribution in [0.15, 0.2) is 18.2 Å². The van der Waals surface area contributed by atoms with Gasteiger partial charge in [-0.05, 0) is 51.5 Å². The zero-order chi connectivity index (χ0) is 15.0. The molecule has 1 N–H and O–H groups in total. The lowest BCUT2D eigenvalue weighted by molar-refractivity contribution is 0.290. The highest BCUT2D eigenvalue weighted by molar-refractivity contribution is 6.30. The minimum Gasteiger partial charge on any atom is -0.310 e. The summed E-state index contributed by atoms with van der Waals surface area (Å²) in [4.78, 5) is 2.42. The number of hydrogen-bond donors (Lipinski definition) is 1. The van der Waals surface area contributed by atoms with Crippen molar-refractivity contribution in [2.75, 3.05) is 19.6 Å². The first kappa shape index (κ1) is 17.4. The van der Waals surface area contributed by atoms with Crippen molar-refractivity contribution in [1.29, 1.82) is 0 Å². The molecule has 1 aromatic rings. The van der Waals surface area contributed by atoms with E-state index in [9.17, 15) is 4.39 Å². The number of benzene rings is 1. The van der Waals surface area contributed by atoms with Crippen LogP contribution in [0.5, 0.6) is 0 Å². The average Bonchev–Trinajstić information content (AvgIpc) is 2.42. The van der Waals surface area contributed by atoms with E-state index in [1.165, 1.54) is 12.5 Å². The Morgan fingerprint density at radius 1 is 1.30 bits per heavy atom. The zero-order valence-corrected chi connectivity index (χ0v) is 13.5. The molecule has 0 fully saturated rings. The van der Waals surface area contributed by atoms with Crippen molar-refractivity contribution in [1.82, 2.24) is 10.2 Å². The van der Waals surface area contributed by atoms with Crippen LogP contribution in [0.3, 0.4) is 0 Å². The molecule has 1 atom stereocenters. The summed E-state index contributed by atoms with van der Waals surface area (Å²) in [5, 5.41) is 3.81. The largest absolute Gasteiger partial charge is 0.310 e. The Morgan fingerprint density at radius 3 is 2.60 bits per heavy atom. The van der Waals surface area contributed by atoms with Gasteiger partial charge in [-0.2, -0.15) is 0 Å². The van der Waals surface area contributed by atoms with Crippen molar-refractivity contribution in [3.8, 4) is 0 Å². The molecule has 1 aromatic carbocycles. The first-order valence-electron chi connectivity index (χ1n) is 7.46. The third-order valence-electron chi connectivity index (χ3n) is 3.66. The Kier molecular flexibility index (Phi) is 8.12. The number of rotatable bonds is 9. The number of nitrogens with one attached hydrogen (secondary N) is 1. The van der Waals surface area contributed by atoms with Gasteiger partial charge in [-0.1, -0.05) is 31.5 Å². The molecule has 0 aliphatic carbocycles. The molecule has 0 aromatic heterocycles. The zero-order valence-electron chi connectivity index (χ0n) is 12.8. The lowest BCUT2D eigenvalue weighted by atomic mass is 10.1. The van der Waals surface area contributed by atoms with Crippen molar-refractivity contribution in [2.45, 2.75) is 46.2 Å². The van der Waals surface area contributed by atoms with Crippen LogP contribution in [0.25, 0.3) is 0 Å². The van der Waals surface area contributed by atoms with Crippen LogP contribution in [-0.2, 0) is 6.54 Å². The Labute approximate surface area is 127 Å². The van der Waals surface area contributed by atoms with E-state index >= 15 is 0 Å². The van der Waals surface area contributed by atoms with Gasteiger partial charge in [0.2, 0.25) is 0 Å². The fourth-order valence-electron chi connectivity index (χ4n) is 2.21. The van der Waals surface area contributed by atoms with Crippen LogP contribution in [-0.4, -0.2) is 30.6 Å². The van der Waals surface area contributed by atoms with Gasteiger partial charge in [0.25, 0.3) is 0 Å². The Morgan fingerprint density at radius 2 is 2.00 bits per heavy atom. The first-order chi connectivity index (χ1) is 9.56. The number of hydrogen-bond acceptors (Lipinski definition) is 2. The molecule has 0 saturated heterocycles. The molecular weight excluding hydrogens is 275 g/mol. The molecule has 1 unspecified atom stereocenters. The minimum atomic E-state index is -0.236. The van der Waals surface area contributed by atoms with E-state index in [0.29, 0.717) is 23.2 Å².